The van der Waals surface area contributed by atoms with E-state index in [1.807, 2.05) is 13.8 Å². The number of anilines is 1. The van der Waals surface area contributed by atoms with Gasteiger partial charge in [0.15, 0.2) is 5.82 Å². The van der Waals surface area contributed by atoms with Gasteiger partial charge in [-0.3, -0.25) is 14.9 Å². The van der Waals surface area contributed by atoms with Gasteiger partial charge < -0.3 is 10.4 Å². The third-order valence-corrected chi connectivity index (χ3v) is 3.01. The van der Waals surface area contributed by atoms with Crippen molar-refractivity contribution in [1.82, 2.24) is 0 Å². The molecule has 0 saturated carbocycles. The van der Waals surface area contributed by atoms with E-state index in [-0.39, 0.29) is 23.7 Å². The molecule has 0 bridgehead atoms. The summed E-state index contributed by atoms with van der Waals surface area (Å²) in [5, 5.41) is 22.2. The Morgan fingerprint density at radius 2 is 2.14 bits per heavy atom. The minimum absolute atomic E-state index is 0.000218. The number of aliphatic carboxylic acids is 1. The minimum atomic E-state index is -0.897. The van der Waals surface area contributed by atoms with Crippen LogP contribution in [0.25, 0.3) is 0 Å². The zero-order chi connectivity index (χ0) is 16.0. The van der Waals surface area contributed by atoms with Crippen molar-refractivity contribution in [3.05, 3.63) is 34.1 Å². The van der Waals surface area contributed by atoms with E-state index < -0.39 is 16.7 Å². The van der Waals surface area contributed by atoms with Crippen LogP contribution in [-0.4, -0.2) is 22.5 Å². The molecule has 6 nitrogen and oxygen atoms in total. The molecule has 2 N–H and O–H groups in total. The highest BCUT2D eigenvalue weighted by Crippen LogP contribution is 2.22. The second kappa shape index (κ2) is 7.56. The van der Waals surface area contributed by atoms with Crippen LogP contribution in [-0.2, 0) is 4.79 Å². The largest absolute Gasteiger partial charge is 0.481 e. The number of rotatable bonds is 8. The van der Waals surface area contributed by atoms with E-state index in [2.05, 4.69) is 5.32 Å². The third-order valence-electron chi connectivity index (χ3n) is 3.01. The smallest absolute Gasteiger partial charge is 0.303 e. The molecule has 0 aromatic heterocycles. The number of halogens is 1. The molecule has 0 fully saturated rings. The van der Waals surface area contributed by atoms with Crippen molar-refractivity contribution in [2.24, 2.45) is 11.8 Å². The van der Waals surface area contributed by atoms with Crippen molar-refractivity contribution in [1.29, 1.82) is 0 Å². The van der Waals surface area contributed by atoms with Crippen molar-refractivity contribution >= 4 is 17.3 Å². The van der Waals surface area contributed by atoms with E-state index in [1.54, 1.807) is 0 Å². The summed E-state index contributed by atoms with van der Waals surface area (Å²) in [5.41, 5.74) is -0.179. The average molecular weight is 298 g/mol. The number of hydrogen-bond donors (Lipinski definition) is 2. The lowest BCUT2D eigenvalue weighted by Gasteiger charge is -2.18. The third kappa shape index (κ3) is 5.76. The maximum Gasteiger partial charge on any atom is 0.303 e. The Morgan fingerprint density at radius 1 is 1.48 bits per heavy atom. The first-order chi connectivity index (χ1) is 9.79. The van der Waals surface area contributed by atoms with Crippen molar-refractivity contribution in [3.63, 3.8) is 0 Å². The lowest BCUT2D eigenvalue weighted by Crippen LogP contribution is -2.20. The van der Waals surface area contributed by atoms with Crippen LogP contribution >= 0.6 is 0 Å². The van der Waals surface area contributed by atoms with E-state index in [9.17, 15) is 19.3 Å². The second-order valence-electron chi connectivity index (χ2n) is 5.40. The van der Waals surface area contributed by atoms with E-state index in [0.29, 0.717) is 18.9 Å². The summed E-state index contributed by atoms with van der Waals surface area (Å²) in [6.45, 7) is 4.28. The van der Waals surface area contributed by atoms with Crippen LogP contribution in [0, 0.1) is 27.8 Å². The number of non-ortho nitro benzene ring substituents is 1. The molecule has 7 heteroatoms. The van der Waals surface area contributed by atoms with Gasteiger partial charge in [-0.25, -0.2) is 4.39 Å². The fraction of sp³-hybridized carbons (Fsp3) is 0.500. The Morgan fingerprint density at radius 3 is 2.62 bits per heavy atom. The van der Waals surface area contributed by atoms with Crippen LogP contribution < -0.4 is 5.32 Å². The summed E-state index contributed by atoms with van der Waals surface area (Å²) in [5.74, 6) is -1.41. The molecule has 0 aliphatic heterocycles. The number of carboxylic acids is 1. The Bertz CT molecular complexity index is 520. The molecule has 21 heavy (non-hydrogen) atoms. The van der Waals surface area contributed by atoms with E-state index >= 15 is 0 Å². The molecule has 1 aromatic carbocycles. The van der Waals surface area contributed by atoms with Crippen LogP contribution in [0.15, 0.2) is 18.2 Å². The Balaban J connectivity index is 2.70. The number of nitro benzene ring substituents is 1. The van der Waals surface area contributed by atoms with Crippen molar-refractivity contribution in [2.45, 2.75) is 26.7 Å². The molecule has 1 unspecified atom stereocenters. The van der Waals surface area contributed by atoms with Crippen LogP contribution in [0.5, 0.6) is 0 Å². The number of benzene rings is 1. The molecule has 0 aliphatic carbocycles. The number of nitrogens with zero attached hydrogens (tertiary/aromatic N) is 1. The molecule has 1 atom stereocenters. The number of hydrogen-bond acceptors (Lipinski definition) is 4. The fourth-order valence-corrected chi connectivity index (χ4v) is 2.17. The summed E-state index contributed by atoms with van der Waals surface area (Å²) in [7, 11) is 0. The first-order valence-corrected chi connectivity index (χ1v) is 6.69. The van der Waals surface area contributed by atoms with Gasteiger partial charge in [0.2, 0.25) is 0 Å². The highest BCUT2D eigenvalue weighted by atomic mass is 19.1. The summed E-state index contributed by atoms with van der Waals surface area (Å²) in [6.07, 6.45) is 0.702. The van der Waals surface area contributed by atoms with Crippen LogP contribution in [0.1, 0.15) is 26.7 Å². The summed E-state index contributed by atoms with van der Waals surface area (Å²) >= 11 is 0. The van der Waals surface area contributed by atoms with Gasteiger partial charge in [-0.2, -0.15) is 0 Å². The molecule has 0 radical (unpaired) electrons. The van der Waals surface area contributed by atoms with E-state index in [0.717, 1.165) is 6.07 Å². The first kappa shape index (κ1) is 16.9. The van der Waals surface area contributed by atoms with Crippen molar-refractivity contribution < 1.29 is 19.2 Å². The van der Waals surface area contributed by atoms with Gasteiger partial charge in [-0.15, -0.1) is 0 Å². The number of carbonyl (C=O) groups is 1. The van der Waals surface area contributed by atoms with Gasteiger partial charge in [0.25, 0.3) is 5.69 Å². The topological polar surface area (TPSA) is 92.5 Å². The quantitative estimate of drug-likeness (QED) is 0.567. The summed E-state index contributed by atoms with van der Waals surface area (Å²) < 4.78 is 13.7. The van der Waals surface area contributed by atoms with Crippen LogP contribution in [0.3, 0.4) is 0 Å². The monoisotopic (exact) mass is 298 g/mol. The van der Waals surface area contributed by atoms with Gasteiger partial charge in [0.05, 0.1) is 16.7 Å². The molecular formula is C14H19FN2O4. The number of nitro groups is 1. The molecule has 0 spiro atoms. The first-order valence-electron chi connectivity index (χ1n) is 6.69. The Labute approximate surface area is 122 Å². The SMILES string of the molecule is CC(C)CC(CNc1ccc([N+](=O)[O-])cc1F)CC(=O)O. The standard InChI is InChI=1S/C14H19FN2O4/c1-9(2)5-10(6-14(18)19)8-16-13-4-3-11(17(20)21)7-12(13)15/h3-4,7,9-10,16H,5-6,8H2,1-2H3,(H,18,19). The summed E-state index contributed by atoms with van der Waals surface area (Å²) in [6, 6.07) is 3.34. The lowest BCUT2D eigenvalue weighted by molar-refractivity contribution is -0.385. The van der Waals surface area contributed by atoms with Gasteiger partial charge in [-0.05, 0) is 24.3 Å². The highest BCUT2D eigenvalue weighted by Gasteiger charge is 2.16. The zero-order valence-corrected chi connectivity index (χ0v) is 12.0. The molecular weight excluding hydrogens is 279 g/mol. The van der Waals surface area contributed by atoms with E-state index in [1.165, 1.54) is 12.1 Å². The second-order valence-corrected chi connectivity index (χ2v) is 5.40. The predicted molar refractivity (Wildman–Crippen MR) is 76.7 cm³/mol. The van der Waals surface area contributed by atoms with Crippen LogP contribution in [0.4, 0.5) is 15.8 Å². The van der Waals surface area contributed by atoms with Gasteiger partial charge >= 0.3 is 5.97 Å². The van der Waals surface area contributed by atoms with Gasteiger partial charge in [-0.1, -0.05) is 13.8 Å². The lowest BCUT2D eigenvalue weighted by atomic mass is 9.94. The Kier molecular flexibility index (Phi) is 6.08. The Hall–Kier alpha value is -2.18. The predicted octanol–water partition coefficient (Wildman–Crippen LogP) is 3.28. The minimum Gasteiger partial charge on any atom is -0.481 e. The average Bonchev–Trinajstić information content (AvgIpc) is 2.35. The summed E-state index contributed by atoms with van der Waals surface area (Å²) in [4.78, 5) is 20.7. The van der Waals surface area contributed by atoms with Gasteiger partial charge in [0.1, 0.15) is 0 Å². The van der Waals surface area contributed by atoms with Crippen molar-refractivity contribution in [3.8, 4) is 0 Å². The molecule has 1 rings (SSSR count). The maximum absolute atomic E-state index is 13.7. The number of nitrogens with one attached hydrogen (secondary N) is 1. The van der Waals surface area contributed by atoms with E-state index in [4.69, 9.17) is 5.11 Å². The number of carboxylic acid groups (broad SMARTS) is 1. The maximum atomic E-state index is 13.7. The normalized spacial score (nSPS) is 12.2. The fourth-order valence-electron chi connectivity index (χ4n) is 2.17. The van der Waals surface area contributed by atoms with Gasteiger partial charge in [0, 0.05) is 19.0 Å². The molecule has 0 aliphatic rings. The molecule has 0 amide bonds. The molecule has 0 heterocycles. The molecule has 1 aromatic rings. The van der Waals surface area contributed by atoms with Crippen LogP contribution in [0.2, 0.25) is 0 Å². The molecule has 116 valence electrons. The zero-order valence-electron chi connectivity index (χ0n) is 12.0. The molecule has 0 saturated heterocycles. The highest BCUT2D eigenvalue weighted by molar-refractivity contribution is 5.67. The van der Waals surface area contributed by atoms with Crippen molar-refractivity contribution in [2.75, 3.05) is 11.9 Å².